The highest BCUT2D eigenvalue weighted by molar-refractivity contribution is 9.10. The van der Waals surface area contributed by atoms with Gasteiger partial charge in [-0.15, -0.1) is 11.6 Å². The summed E-state index contributed by atoms with van der Waals surface area (Å²) in [5.41, 5.74) is 2.92. The van der Waals surface area contributed by atoms with Gasteiger partial charge in [-0.05, 0) is 36.8 Å². The highest BCUT2D eigenvalue weighted by Crippen LogP contribution is 2.39. The van der Waals surface area contributed by atoms with Crippen LogP contribution in [0.2, 0.25) is 5.02 Å². The Labute approximate surface area is 131 Å². The summed E-state index contributed by atoms with van der Waals surface area (Å²) in [4.78, 5) is 0. The van der Waals surface area contributed by atoms with E-state index in [1.54, 1.807) is 7.11 Å². The number of ether oxygens (including phenoxy) is 1. The first-order chi connectivity index (χ1) is 9.02. The number of benzene rings is 2. The summed E-state index contributed by atoms with van der Waals surface area (Å²) in [6, 6.07) is 11.6. The van der Waals surface area contributed by atoms with E-state index in [0.29, 0.717) is 5.02 Å². The van der Waals surface area contributed by atoms with Crippen molar-refractivity contribution < 1.29 is 4.74 Å². The summed E-state index contributed by atoms with van der Waals surface area (Å²) in [5, 5.41) is 0.298. The molecule has 0 fully saturated rings. The van der Waals surface area contributed by atoms with Crippen molar-refractivity contribution in [2.24, 2.45) is 0 Å². The monoisotopic (exact) mass is 358 g/mol. The number of alkyl halides is 1. The van der Waals surface area contributed by atoms with E-state index in [0.717, 1.165) is 26.9 Å². The molecule has 0 aliphatic rings. The minimum atomic E-state index is -0.347. The van der Waals surface area contributed by atoms with Gasteiger partial charge in [-0.2, -0.15) is 0 Å². The van der Waals surface area contributed by atoms with Crippen molar-refractivity contribution in [1.82, 2.24) is 0 Å². The third-order valence-electron chi connectivity index (χ3n) is 2.89. The van der Waals surface area contributed by atoms with Crippen molar-refractivity contribution >= 4 is 39.1 Å². The molecule has 0 spiro atoms. The van der Waals surface area contributed by atoms with Gasteiger partial charge >= 0.3 is 0 Å². The second-order valence-electron chi connectivity index (χ2n) is 4.27. The van der Waals surface area contributed by atoms with Crippen molar-refractivity contribution in [2.45, 2.75) is 12.3 Å². The lowest BCUT2D eigenvalue weighted by molar-refractivity contribution is 0.410. The Hall–Kier alpha value is -0.700. The highest BCUT2D eigenvalue weighted by atomic mass is 79.9. The summed E-state index contributed by atoms with van der Waals surface area (Å²) in [5.74, 6) is 0.765. The number of hydrogen-bond acceptors (Lipinski definition) is 1. The van der Waals surface area contributed by atoms with Gasteiger partial charge in [0.1, 0.15) is 5.75 Å². The standard InChI is InChI=1S/C15H13BrCl2O/c1-9-3-6-14(19-2)12(7-9)15(18)11-8-10(16)4-5-13(11)17/h3-8,15H,1-2H3. The second kappa shape index (κ2) is 6.17. The van der Waals surface area contributed by atoms with Gasteiger partial charge in [0.2, 0.25) is 0 Å². The van der Waals surface area contributed by atoms with Crippen LogP contribution in [0.5, 0.6) is 5.75 Å². The normalized spacial score (nSPS) is 12.3. The number of aryl methyl sites for hydroxylation is 1. The molecule has 0 bridgehead atoms. The van der Waals surface area contributed by atoms with E-state index in [-0.39, 0.29) is 5.38 Å². The Morgan fingerprint density at radius 3 is 2.53 bits per heavy atom. The molecular weight excluding hydrogens is 347 g/mol. The van der Waals surface area contributed by atoms with Gasteiger partial charge in [-0.3, -0.25) is 0 Å². The first kappa shape index (κ1) is 14.7. The van der Waals surface area contributed by atoms with Gasteiger partial charge in [0, 0.05) is 15.1 Å². The zero-order valence-electron chi connectivity index (χ0n) is 10.6. The van der Waals surface area contributed by atoms with Crippen LogP contribution in [-0.4, -0.2) is 7.11 Å². The molecule has 2 rings (SSSR count). The van der Waals surface area contributed by atoms with E-state index in [1.807, 2.05) is 43.3 Å². The lowest BCUT2D eigenvalue weighted by atomic mass is 10.0. The van der Waals surface area contributed by atoms with E-state index >= 15 is 0 Å². The second-order valence-corrected chi connectivity index (χ2v) is 6.03. The molecule has 1 nitrogen and oxygen atoms in total. The predicted molar refractivity (Wildman–Crippen MR) is 84.6 cm³/mol. The minimum absolute atomic E-state index is 0.347. The van der Waals surface area contributed by atoms with E-state index in [1.165, 1.54) is 0 Å². The molecule has 0 saturated heterocycles. The summed E-state index contributed by atoms with van der Waals surface area (Å²) in [7, 11) is 1.64. The fourth-order valence-electron chi connectivity index (χ4n) is 1.93. The zero-order valence-corrected chi connectivity index (χ0v) is 13.7. The number of rotatable bonds is 3. The minimum Gasteiger partial charge on any atom is -0.496 e. The van der Waals surface area contributed by atoms with Crippen LogP contribution in [0.25, 0.3) is 0 Å². The lowest BCUT2D eigenvalue weighted by Crippen LogP contribution is -1.99. The molecule has 100 valence electrons. The number of halogens is 3. The quantitative estimate of drug-likeness (QED) is 0.634. The smallest absolute Gasteiger partial charge is 0.123 e. The number of hydrogen-bond donors (Lipinski definition) is 0. The van der Waals surface area contributed by atoms with Gasteiger partial charge < -0.3 is 4.74 Å². The van der Waals surface area contributed by atoms with Gasteiger partial charge in [0.15, 0.2) is 0 Å². The molecule has 2 aromatic carbocycles. The molecule has 1 unspecified atom stereocenters. The number of methoxy groups -OCH3 is 1. The predicted octanol–water partition coefficient (Wildman–Crippen LogP) is 5.75. The Balaban J connectivity index is 2.51. The van der Waals surface area contributed by atoms with Crippen molar-refractivity contribution in [2.75, 3.05) is 7.11 Å². The average molecular weight is 360 g/mol. The maximum absolute atomic E-state index is 6.58. The Bertz CT molecular complexity index is 599. The van der Waals surface area contributed by atoms with Gasteiger partial charge in [-0.1, -0.05) is 45.2 Å². The fourth-order valence-corrected chi connectivity index (χ4v) is 2.94. The largest absolute Gasteiger partial charge is 0.496 e. The Kier molecular flexibility index (Phi) is 4.77. The molecule has 0 heterocycles. The molecule has 0 aliphatic carbocycles. The van der Waals surface area contributed by atoms with Crippen LogP contribution in [-0.2, 0) is 0 Å². The fraction of sp³-hybridized carbons (Fsp3) is 0.200. The van der Waals surface area contributed by atoms with Crippen LogP contribution < -0.4 is 4.74 Å². The average Bonchev–Trinajstić information content (AvgIpc) is 2.40. The molecule has 0 amide bonds. The summed E-state index contributed by atoms with van der Waals surface area (Å²) < 4.78 is 6.32. The first-order valence-electron chi connectivity index (χ1n) is 5.76. The van der Waals surface area contributed by atoms with E-state index < -0.39 is 0 Å². The first-order valence-corrected chi connectivity index (χ1v) is 7.37. The molecular formula is C15H13BrCl2O. The Morgan fingerprint density at radius 2 is 1.84 bits per heavy atom. The maximum Gasteiger partial charge on any atom is 0.123 e. The molecule has 4 heteroatoms. The van der Waals surface area contributed by atoms with Gasteiger partial charge in [0.05, 0.1) is 12.5 Å². The molecule has 19 heavy (non-hydrogen) atoms. The summed E-state index contributed by atoms with van der Waals surface area (Å²) in [6.45, 7) is 2.02. The SMILES string of the molecule is COc1ccc(C)cc1C(Cl)c1cc(Br)ccc1Cl. The van der Waals surface area contributed by atoms with E-state index in [2.05, 4.69) is 15.9 Å². The van der Waals surface area contributed by atoms with E-state index in [4.69, 9.17) is 27.9 Å². The van der Waals surface area contributed by atoms with Crippen molar-refractivity contribution in [1.29, 1.82) is 0 Å². The third kappa shape index (κ3) is 3.25. The molecule has 0 aliphatic heterocycles. The van der Waals surface area contributed by atoms with Crippen molar-refractivity contribution in [3.05, 3.63) is 62.6 Å². The summed E-state index contributed by atoms with van der Waals surface area (Å²) >= 11 is 16.2. The zero-order chi connectivity index (χ0) is 14.0. The van der Waals surface area contributed by atoms with Crippen LogP contribution in [0.1, 0.15) is 22.1 Å². The lowest BCUT2D eigenvalue weighted by Gasteiger charge is -2.16. The van der Waals surface area contributed by atoms with Crippen molar-refractivity contribution in [3.8, 4) is 5.75 Å². The van der Waals surface area contributed by atoms with E-state index in [9.17, 15) is 0 Å². The van der Waals surface area contributed by atoms with Gasteiger partial charge in [-0.25, -0.2) is 0 Å². The molecule has 0 N–H and O–H groups in total. The van der Waals surface area contributed by atoms with Gasteiger partial charge in [0.25, 0.3) is 0 Å². The molecule has 2 aromatic rings. The van der Waals surface area contributed by atoms with Crippen LogP contribution in [0.4, 0.5) is 0 Å². The topological polar surface area (TPSA) is 9.23 Å². The van der Waals surface area contributed by atoms with Crippen LogP contribution >= 0.6 is 39.1 Å². The van der Waals surface area contributed by atoms with Crippen LogP contribution in [0, 0.1) is 6.92 Å². The molecule has 0 saturated carbocycles. The molecule has 0 radical (unpaired) electrons. The summed E-state index contributed by atoms with van der Waals surface area (Å²) in [6.07, 6.45) is 0. The highest BCUT2D eigenvalue weighted by Gasteiger charge is 2.18. The van der Waals surface area contributed by atoms with Crippen molar-refractivity contribution in [3.63, 3.8) is 0 Å². The van der Waals surface area contributed by atoms with Crippen LogP contribution in [0.3, 0.4) is 0 Å². The third-order valence-corrected chi connectivity index (χ3v) is 4.20. The molecule has 1 atom stereocenters. The molecule has 0 aromatic heterocycles. The Morgan fingerprint density at radius 1 is 1.11 bits per heavy atom. The van der Waals surface area contributed by atoms with Crippen LogP contribution in [0.15, 0.2) is 40.9 Å². The maximum atomic E-state index is 6.58.